The lowest BCUT2D eigenvalue weighted by atomic mass is 9.97. The molecule has 0 spiro atoms. The molecule has 0 atom stereocenters. The van der Waals surface area contributed by atoms with E-state index in [0.717, 1.165) is 10.9 Å². The molecule has 0 unspecified atom stereocenters. The van der Waals surface area contributed by atoms with Gasteiger partial charge in [-0.25, -0.2) is 4.39 Å². The molecular weight excluding hydrogens is 473 g/mol. The van der Waals surface area contributed by atoms with Gasteiger partial charge in [-0.3, -0.25) is 4.79 Å². The molecular formula is C30H28FNO5. The van der Waals surface area contributed by atoms with Gasteiger partial charge in [0.25, 0.3) is 0 Å². The zero-order valence-corrected chi connectivity index (χ0v) is 21.1. The van der Waals surface area contributed by atoms with Crippen LogP contribution in [0.4, 0.5) is 4.39 Å². The van der Waals surface area contributed by atoms with Crippen LogP contribution in [-0.4, -0.2) is 19.7 Å². The number of esters is 1. The molecule has 4 aromatic rings. The Bertz CT molecular complexity index is 1470. The van der Waals surface area contributed by atoms with Gasteiger partial charge in [0.1, 0.15) is 36.1 Å². The minimum atomic E-state index is -0.379. The van der Waals surface area contributed by atoms with E-state index >= 15 is 4.39 Å². The van der Waals surface area contributed by atoms with E-state index in [0.29, 0.717) is 51.3 Å². The molecule has 0 amide bonds. The van der Waals surface area contributed by atoms with Crippen LogP contribution in [0.5, 0.6) is 5.75 Å². The van der Waals surface area contributed by atoms with Gasteiger partial charge in [-0.05, 0) is 54.8 Å². The number of nitrogens with zero attached hydrogens (tertiary/aromatic N) is 1. The van der Waals surface area contributed by atoms with Crippen molar-refractivity contribution in [3.05, 3.63) is 88.4 Å². The second-order valence-corrected chi connectivity index (χ2v) is 8.54. The van der Waals surface area contributed by atoms with Crippen LogP contribution in [0, 0.1) is 17.1 Å². The third-order valence-electron chi connectivity index (χ3n) is 5.99. The van der Waals surface area contributed by atoms with Crippen LogP contribution in [0.15, 0.2) is 59.0 Å². The smallest absolute Gasteiger partial charge is 0.310 e. The molecule has 0 saturated carbocycles. The highest BCUT2D eigenvalue weighted by Gasteiger charge is 2.18. The van der Waals surface area contributed by atoms with Crippen molar-refractivity contribution in [1.82, 2.24) is 0 Å². The van der Waals surface area contributed by atoms with Crippen LogP contribution in [0.2, 0.25) is 0 Å². The molecule has 0 bridgehead atoms. The molecule has 4 rings (SSSR count). The Morgan fingerprint density at radius 2 is 1.86 bits per heavy atom. The Morgan fingerprint density at radius 3 is 2.59 bits per heavy atom. The average Bonchev–Trinajstić information content (AvgIpc) is 3.30. The fourth-order valence-corrected chi connectivity index (χ4v) is 4.26. The van der Waals surface area contributed by atoms with Gasteiger partial charge < -0.3 is 18.6 Å². The first-order valence-electron chi connectivity index (χ1n) is 12.1. The van der Waals surface area contributed by atoms with Crippen LogP contribution in [0.1, 0.15) is 41.9 Å². The lowest BCUT2D eigenvalue weighted by Gasteiger charge is -2.14. The van der Waals surface area contributed by atoms with Gasteiger partial charge in [0.05, 0.1) is 24.7 Å². The van der Waals surface area contributed by atoms with E-state index in [2.05, 4.69) is 6.07 Å². The van der Waals surface area contributed by atoms with Crippen molar-refractivity contribution >= 4 is 16.9 Å². The summed E-state index contributed by atoms with van der Waals surface area (Å²) in [5, 5.41) is 10.1. The second-order valence-electron chi connectivity index (χ2n) is 8.54. The maximum absolute atomic E-state index is 15.4. The second kappa shape index (κ2) is 11.7. The number of aryl methyl sites for hydroxylation is 1. The van der Waals surface area contributed by atoms with Crippen molar-refractivity contribution in [2.24, 2.45) is 0 Å². The fourth-order valence-electron chi connectivity index (χ4n) is 4.26. The molecule has 0 N–H and O–H groups in total. The number of halogens is 1. The molecule has 3 aromatic carbocycles. The number of carbonyl (C=O) groups excluding carboxylic acids is 1. The van der Waals surface area contributed by atoms with Crippen LogP contribution in [-0.2, 0) is 40.3 Å². The zero-order chi connectivity index (χ0) is 26.4. The van der Waals surface area contributed by atoms with Crippen molar-refractivity contribution in [1.29, 1.82) is 5.26 Å². The molecule has 190 valence electrons. The molecule has 0 fully saturated rings. The first kappa shape index (κ1) is 25.9. The lowest BCUT2D eigenvalue weighted by molar-refractivity contribution is -0.142. The first-order chi connectivity index (χ1) is 18.0. The summed E-state index contributed by atoms with van der Waals surface area (Å²) in [4.78, 5) is 12.1. The molecule has 0 saturated heterocycles. The maximum atomic E-state index is 15.4. The summed E-state index contributed by atoms with van der Waals surface area (Å²) in [6.07, 6.45) is 0.591. The van der Waals surface area contributed by atoms with Gasteiger partial charge in [-0.2, -0.15) is 5.26 Å². The molecule has 6 nitrogen and oxygen atoms in total. The fraction of sp³-hybridized carbons (Fsp3) is 0.267. The zero-order valence-electron chi connectivity index (χ0n) is 21.1. The van der Waals surface area contributed by atoms with E-state index in [1.165, 1.54) is 0 Å². The first-order valence-corrected chi connectivity index (χ1v) is 12.1. The number of hydrogen-bond donors (Lipinski definition) is 0. The molecule has 37 heavy (non-hydrogen) atoms. The number of furan rings is 1. The molecule has 7 heteroatoms. The molecule has 0 aliphatic heterocycles. The van der Waals surface area contributed by atoms with Crippen LogP contribution in [0.3, 0.4) is 0 Å². The summed E-state index contributed by atoms with van der Waals surface area (Å²) in [6, 6.07) is 18.0. The predicted molar refractivity (Wildman–Crippen MR) is 138 cm³/mol. The largest absolute Gasteiger partial charge is 0.489 e. The van der Waals surface area contributed by atoms with Crippen molar-refractivity contribution in [2.75, 3.05) is 13.7 Å². The highest BCUT2D eigenvalue weighted by Crippen LogP contribution is 2.35. The Balaban J connectivity index is 1.74. The molecule has 1 aromatic heterocycles. The lowest BCUT2D eigenvalue weighted by Crippen LogP contribution is -2.09. The van der Waals surface area contributed by atoms with Gasteiger partial charge in [0.2, 0.25) is 0 Å². The van der Waals surface area contributed by atoms with E-state index in [1.54, 1.807) is 44.4 Å². The standard InChI is InChI=1S/C30H28FNO5/c1-4-21-7-6-8-25(29(21)31)26-12-20(11-23-14-24(18-34-3)37-30(23)26)17-36-27-13-19(16-32)9-10-22(27)15-28(33)35-5-2/h6-14H,4-5,15,17-18H2,1-3H3. The molecule has 0 aliphatic rings. The minimum Gasteiger partial charge on any atom is -0.489 e. The SMILES string of the molecule is CCOC(=O)Cc1ccc(C#N)cc1OCc1cc(-c2cccc(CC)c2F)c2oc(COC)cc2c1. The predicted octanol–water partition coefficient (Wildman–Crippen LogP) is 6.50. The molecule has 0 aliphatic carbocycles. The minimum absolute atomic E-state index is 0.0241. The third-order valence-corrected chi connectivity index (χ3v) is 5.99. The number of benzene rings is 3. The van der Waals surface area contributed by atoms with Crippen molar-refractivity contribution < 1.29 is 27.8 Å². The number of methoxy groups -OCH3 is 1. The van der Waals surface area contributed by atoms with E-state index < -0.39 is 0 Å². The summed E-state index contributed by atoms with van der Waals surface area (Å²) in [5.74, 6) is 0.381. The monoisotopic (exact) mass is 501 g/mol. The van der Waals surface area contributed by atoms with Gasteiger partial charge in [0.15, 0.2) is 0 Å². The average molecular weight is 502 g/mol. The maximum Gasteiger partial charge on any atom is 0.310 e. The van der Waals surface area contributed by atoms with Gasteiger partial charge in [0, 0.05) is 29.2 Å². The summed E-state index contributed by atoms with van der Waals surface area (Å²) < 4.78 is 37.8. The Hall–Kier alpha value is -4.15. The van der Waals surface area contributed by atoms with Gasteiger partial charge >= 0.3 is 5.97 Å². The highest BCUT2D eigenvalue weighted by atomic mass is 19.1. The number of hydrogen-bond acceptors (Lipinski definition) is 6. The van der Waals surface area contributed by atoms with Crippen molar-refractivity contribution in [3.8, 4) is 22.9 Å². The highest BCUT2D eigenvalue weighted by molar-refractivity contribution is 5.94. The summed E-state index contributed by atoms with van der Waals surface area (Å²) in [7, 11) is 1.58. The summed E-state index contributed by atoms with van der Waals surface area (Å²) in [6.45, 7) is 4.35. The summed E-state index contributed by atoms with van der Waals surface area (Å²) in [5.41, 5.74) is 4.05. The van der Waals surface area contributed by atoms with Crippen molar-refractivity contribution in [2.45, 2.75) is 39.9 Å². The van der Waals surface area contributed by atoms with E-state index in [-0.39, 0.29) is 38.0 Å². The number of ether oxygens (including phenoxy) is 3. The van der Waals surface area contributed by atoms with Gasteiger partial charge in [-0.1, -0.05) is 31.2 Å². The van der Waals surface area contributed by atoms with E-state index in [1.807, 2.05) is 31.2 Å². The Morgan fingerprint density at radius 1 is 1.03 bits per heavy atom. The van der Waals surface area contributed by atoms with Crippen LogP contribution in [0.25, 0.3) is 22.1 Å². The van der Waals surface area contributed by atoms with E-state index in [4.69, 9.17) is 18.6 Å². The topological polar surface area (TPSA) is 81.7 Å². The Kier molecular flexibility index (Phi) is 8.22. The van der Waals surface area contributed by atoms with Gasteiger partial charge in [-0.15, -0.1) is 0 Å². The third kappa shape index (κ3) is 5.82. The molecule has 1 heterocycles. The number of carbonyl (C=O) groups is 1. The van der Waals surface area contributed by atoms with Crippen LogP contribution < -0.4 is 4.74 Å². The number of rotatable bonds is 10. The summed E-state index contributed by atoms with van der Waals surface area (Å²) >= 11 is 0. The van der Waals surface area contributed by atoms with E-state index in [9.17, 15) is 10.1 Å². The number of fused-ring (bicyclic) bond motifs is 1. The van der Waals surface area contributed by atoms with Crippen LogP contribution >= 0.6 is 0 Å². The quantitative estimate of drug-likeness (QED) is 0.231. The molecule has 0 radical (unpaired) electrons. The normalized spacial score (nSPS) is 10.9. The van der Waals surface area contributed by atoms with Crippen molar-refractivity contribution in [3.63, 3.8) is 0 Å². The Labute approximate surface area is 215 Å². The number of nitriles is 1.